The Kier molecular flexibility index (Phi) is 7.92. The third-order valence-corrected chi connectivity index (χ3v) is 4.20. The van der Waals surface area contributed by atoms with Crippen LogP contribution in [-0.2, 0) is 6.42 Å². The van der Waals surface area contributed by atoms with Crippen LogP contribution >= 0.6 is 0 Å². The average Bonchev–Trinajstić information content (AvgIpc) is 2.67. The van der Waals surface area contributed by atoms with Crippen molar-refractivity contribution in [1.29, 1.82) is 0 Å². The van der Waals surface area contributed by atoms with Crippen LogP contribution in [0.4, 0.5) is 5.69 Å². The molecule has 0 spiro atoms. The van der Waals surface area contributed by atoms with Crippen molar-refractivity contribution >= 4 is 11.6 Å². The van der Waals surface area contributed by atoms with Crippen LogP contribution in [0, 0.1) is 5.92 Å². The van der Waals surface area contributed by atoms with E-state index in [1.165, 1.54) is 0 Å². The van der Waals surface area contributed by atoms with Gasteiger partial charge in [-0.15, -0.1) is 0 Å². The third-order valence-electron chi connectivity index (χ3n) is 4.20. The van der Waals surface area contributed by atoms with Gasteiger partial charge in [-0.1, -0.05) is 19.9 Å². The van der Waals surface area contributed by atoms with Gasteiger partial charge < -0.3 is 20.1 Å². The van der Waals surface area contributed by atoms with Crippen molar-refractivity contribution in [1.82, 2.24) is 10.3 Å². The molecule has 2 rings (SSSR count). The van der Waals surface area contributed by atoms with Crippen molar-refractivity contribution in [3.05, 3.63) is 47.8 Å². The Morgan fingerprint density at radius 2 is 1.85 bits per heavy atom. The van der Waals surface area contributed by atoms with Crippen molar-refractivity contribution in [3.63, 3.8) is 0 Å². The molecule has 1 amide bonds. The minimum Gasteiger partial charge on any atom is -0.493 e. The van der Waals surface area contributed by atoms with Gasteiger partial charge >= 0.3 is 0 Å². The van der Waals surface area contributed by atoms with Gasteiger partial charge in [0, 0.05) is 25.5 Å². The zero-order chi connectivity index (χ0) is 19.6. The van der Waals surface area contributed by atoms with E-state index in [1.54, 1.807) is 26.6 Å². The molecule has 6 heteroatoms. The van der Waals surface area contributed by atoms with Crippen molar-refractivity contribution < 1.29 is 14.3 Å². The molecule has 0 aliphatic heterocycles. The molecule has 0 aliphatic rings. The maximum atomic E-state index is 12.4. The zero-order valence-electron chi connectivity index (χ0n) is 16.5. The lowest BCUT2D eigenvalue weighted by Gasteiger charge is -2.11. The number of carbonyl (C=O) groups excluding carboxylic acids is 1. The molecule has 0 atom stereocenters. The summed E-state index contributed by atoms with van der Waals surface area (Å²) in [6, 6.07) is 7.59. The highest BCUT2D eigenvalue weighted by molar-refractivity contribution is 5.94. The fourth-order valence-electron chi connectivity index (χ4n) is 2.62. The molecule has 0 unspecified atom stereocenters. The second-order valence-corrected chi connectivity index (χ2v) is 6.77. The Hall–Kier alpha value is -2.76. The van der Waals surface area contributed by atoms with Crippen molar-refractivity contribution in [2.24, 2.45) is 5.92 Å². The number of rotatable bonds is 10. The van der Waals surface area contributed by atoms with E-state index in [2.05, 4.69) is 29.5 Å². The molecule has 2 aromatic rings. The number of amides is 1. The second kappa shape index (κ2) is 10.4. The predicted octanol–water partition coefficient (Wildman–Crippen LogP) is 3.53. The van der Waals surface area contributed by atoms with Crippen LogP contribution in [0.5, 0.6) is 11.5 Å². The Balaban J connectivity index is 1.87. The van der Waals surface area contributed by atoms with Crippen molar-refractivity contribution in [3.8, 4) is 11.5 Å². The first kappa shape index (κ1) is 20.6. The predicted molar refractivity (Wildman–Crippen MR) is 108 cm³/mol. The highest BCUT2D eigenvalue weighted by Crippen LogP contribution is 2.27. The van der Waals surface area contributed by atoms with Gasteiger partial charge in [0.25, 0.3) is 5.91 Å². The van der Waals surface area contributed by atoms with Gasteiger partial charge in [-0.05, 0) is 42.5 Å². The number of pyridine rings is 1. The first-order valence-electron chi connectivity index (χ1n) is 9.21. The molecule has 6 nitrogen and oxygen atoms in total. The van der Waals surface area contributed by atoms with Gasteiger partial charge in [0.1, 0.15) is 0 Å². The SMILES string of the molecule is COc1ccc(CCNC(=O)c2cncc(NCCC(C)C)c2)cc1OC. The Morgan fingerprint density at radius 3 is 2.56 bits per heavy atom. The molecule has 1 aromatic carbocycles. The molecule has 2 N–H and O–H groups in total. The molecule has 1 heterocycles. The number of ether oxygens (including phenoxy) is 2. The summed E-state index contributed by atoms with van der Waals surface area (Å²) in [5.41, 5.74) is 2.48. The number of hydrogen-bond acceptors (Lipinski definition) is 5. The fraction of sp³-hybridized carbons (Fsp3) is 0.429. The van der Waals surface area contributed by atoms with Gasteiger partial charge in [0.15, 0.2) is 11.5 Å². The summed E-state index contributed by atoms with van der Waals surface area (Å²) in [7, 11) is 3.22. The highest BCUT2D eigenvalue weighted by atomic mass is 16.5. The molecular weight excluding hydrogens is 342 g/mol. The van der Waals surface area contributed by atoms with Crippen LogP contribution in [0.2, 0.25) is 0 Å². The van der Waals surface area contributed by atoms with Crippen LogP contribution in [0.15, 0.2) is 36.7 Å². The molecule has 0 fully saturated rings. The fourth-order valence-corrected chi connectivity index (χ4v) is 2.62. The van der Waals surface area contributed by atoms with Crippen LogP contribution < -0.4 is 20.1 Å². The zero-order valence-corrected chi connectivity index (χ0v) is 16.5. The van der Waals surface area contributed by atoms with E-state index in [1.807, 2.05) is 24.3 Å². The topological polar surface area (TPSA) is 72.5 Å². The van der Waals surface area contributed by atoms with E-state index in [0.717, 1.165) is 24.2 Å². The Morgan fingerprint density at radius 1 is 1.07 bits per heavy atom. The molecule has 27 heavy (non-hydrogen) atoms. The number of methoxy groups -OCH3 is 2. The lowest BCUT2D eigenvalue weighted by atomic mass is 10.1. The molecule has 0 radical (unpaired) electrons. The van der Waals surface area contributed by atoms with Crippen LogP contribution in [0.25, 0.3) is 0 Å². The summed E-state index contributed by atoms with van der Waals surface area (Å²) >= 11 is 0. The maximum Gasteiger partial charge on any atom is 0.252 e. The minimum absolute atomic E-state index is 0.129. The smallest absolute Gasteiger partial charge is 0.252 e. The number of benzene rings is 1. The molecular formula is C21H29N3O3. The van der Waals surface area contributed by atoms with E-state index in [4.69, 9.17) is 9.47 Å². The number of aromatic nitrogens is 1. The monoisotopic (exact) mass is 371 g/mol. The van der Waals surface area contributed by atoms with Gasteiger partial charge in [-0.3, -0.25) is 9.78 Å². The van der Waals surface area contributed by atoms with E-state index >= 15 is 0 Å². The van der Waals surface area contributed by atoms with E-state index in [9.17, 15) is 4.79 Å². The molecule has 0 saturated carbocycles. The van der Waals surface area contributed by atoms with E-state index in [-0.39, 0.29) is 5.91 Å². The first-order valence-corrected chi connectivity index (χ1v) is 9.21. The third kappa shape index (κ3) is 6.47. The summed E-state index contributed by atoms with van der Waals surface area (Å²) < 4.78 is 10.5. The molecule has 1 aromatic heterocycles. The number of hydrogen-bond donors (Lipinski definition) is 2. The minimum atomic E-state index is -0.129. The highest BCUT2D eigenvalue weighted by Gasteiger charge is 2.08. The molecule has 0 saturated heterocycles. The molecule has 0 bridgehead atoms. The van der Waals surface area contributed by atoms with E-state index < -0.39 is 0 Å². The van der Waals surface area contributed by atoms with Gasteiger partial charge in [-0.2, -0.15) is 0 Å². The van der Waals surface area contributed by atoms with E-state index in [0.29, 0.717) is 35.9 Å². The summed E-state index contributed by atoms with van der Waals surface area (Å²) in [5, 5.41) is 6.24. The van der Waals surface area contributed by atoms with Gasteiger partial charge in [0.05, 0.1) is 25.5 Å². The largest absolute Gasteiger partial charge is 0.493 e. The van der Waals surface area contributed by atoms with Crippen LogP contribution in [-0.4, -0.2) is 38.2 Å². The second-order valence-electron chi connectivity index (χ2n) is 6.77. The average molecular weight is 371 g/mol. The van der Waals surface area contributed by atoms with Crippen molar-refractivity contribution in [2.75, 3.05) is 32.6 Å². The number of carbonyl (C=O) groups is 1. The molecule has 146 valence electrons. The summed E-state index contributed by atoms with van der Waals surface area (Å²) in [6.45, 7) is 5.76. The molecule has 0 aliphatic carbocycles. The van der Waals surface area contributed by atoms with Gasteiger partial charge in [-0.25, -0.2) is 0 Å². The first-order chi connectivity index (χ1) is 13.0. The van der Waals surface area contributed by atoms with Crippen LogP contribution in [0.3, 0.4) is 0 Å². The lowest BCUT2D eigenvalue weighted by molar-refractivity contribution is 0.0954. The Bertz CT molecular complexity index is 747. The van der Waals surface area contributed by atoms with Crippen molar-refractivity contribution in [2.45, 2.75) is 26.7 Å². The summed E-state index contributed by atoms with van der Waals surface area (Å²) in [4.78, 5) is 16.5. The number of nitrogens with zero attached hydrogens (tertiary/aromatic N) is 1. The Labute approximate surface area is 161 Å². The normalized spacial score (nSPS) is 10.6. The maximum absolute atomic E-state index is 12.4. The lowest BCUT2D eigenvalue weighted by Crippen LogP contribution is -2.26. The quantitative estimate of drug-likeness (QED) is 0.668. The summed E-state index contributed by atoms with van der Waals surface area (Å²) in [6.07, 6.45) is 5.09. The van der Waals surface area contributed by atoms with Gasteiger partial charge in [0.2, 0.25) is 0 Å². The van der Waals surface area contributed by atoms with Crippen LogP contribution in [0.1, 0.15) is 36.2 Å². The number of anilines is 1. The standard InChI is InChI=1S/C21H29N3O3/c1-15(2)7-9-23-18-12-17(13-22-14-18)21(25)24-10-8-16-5-6-19(26-3)20(11-16)27-4/h5-6,11-15,23H,7-10H2,1-4H3,(H,24,25). The summed E-state index contributed by atoms with van der Waals surface area (Å²) in [5.74, 6) is 1.88. The number of nitrogens with one attached hydrogen (secondary N) is 2.